The first kappa shape index (κ1) is 14.7. The summed E-state index contributed by atoms with van der Waals surface area (Å²) in [6.07, 6.45) is 0. The molecule has 1 unspecified atom stereocenters. The second kappa shape index (κ2) is 5.05. The Labute approximate surface area is 139 Å². The van der Waals surface area contributed by atoms with Gasteiger partial charge in [0.15, 0.2) is 0 Å². The molecule has 0 aliphatic heterocycles. The summed E-state index contributed by atoms with van der Waals surface area (Å²) < 4.78 is 0. The van der Waals surface area contributed by atoms with Crippen molar-refractivity contribution in [2.24, 2.45) is 0 Å². The molecule has 0 amide bonds. The lowest BCUT2D eigenvalue weighted by atomic mass is 9.63. The number of hydrogen-bond donors (Lipinski definition) is 2. The second-order valence-electron chi connectivity index (χ2n) is 6.09. The predicted octanol–water partition coefficient (Wildman–Crippen LogP) is 3.96. The summed E-state index contributed by atoms with van der Waals surface area (Å²) in [5.74, 6) is -1.03. The molecular weight excluding hydrogens is 300 g/mol. The van der Waals surface area contributed by atoms with Gasteiger partial charge in [0.05, 0.1) is 5.56 Å². The number of hydrogen-bond acceptors (Lipinski definition) is 2. The highest BCUT2D eigenvalue weighted by molar-refractivity contribution is 5.92. The maximum atomic E-state index is 11.6. The topological polar surface area (TPSA) is 57.5 Å². The van der Waals surface area contributed by atoms with E-state index in [1.54, 1.807) is 18.2 Å². The maximum absolute atomic E-state index is 11.6. The predicted molar refractivity (Wildman–Crippen MR) is 92.1 cm³/mol. The maximum Gasteiger partial charge on any atom is 0.336 e. The molecule has 0 spiro atoms. The van der Waals surface area contributed by atoms with Gasteiger partial charge in [0, 0.05) is 11.1 Å². The van der Waals surface area contributed by atoms with Gasteiger partial charge < -0.3 is 10.2 Å². The molecule has 0 fully saturated rings. The quantitative estimate of drug-likeness (QED) is 0.769. The number of aromatic carboxylic acids is 1. The van der Waals surface area contributed by atoms with Crippen molar-refractivity contribution in [3.63, 3.8) is 0 Å². The summed E-state index contributed by atoms with van der Waals surface area (Å²) in [6, 6.07) is 20.4. The van der Waals surface area contributed by atoms with E-state index >= 15 is 0 Å². The van der Waals surface area contributed by atoms with Crippen LogP contribution in [0.1, 0.15) is 32.6 Å². The first-order valence-electron chi connectivity index (χ1n) is 7.80. The van der Waals surface area contributed by atoms with Crippen LogP contribution in [0.25, 0.3) is 11.1 Å². The van der Waals surface area contributed by atoms with Crippen molar-refractivity contribution in [2.75, 3.05) is 0 Å². The number of carboxylic acids is 1. The van der Waals surface area contributed by atoms with Gasteiger partial charge in [-0.25, -0.2) is 4.79 Å². The van der Waals surface area contributed by atoms with Gasteiger partial charge in [0.1, 0.15) is 5.60 Å². The molecule has 0 heterocycles. The monoisotopic (exact) mass is 316 g/mol. The van der Waals surface area contributed by atoms with Gasteiger partial charge in [-0.15, -0.1) is 0 Å². The Morgan fingerprint density at radius 2 is 1.54 bits per heavy atom. The van der Waals surface area contributed by atoms with Crippen molar-refractivity contribution in [3.05, 3.63) is 94.5 Å². The average Bonchev–Trinajstić information content (AvgIpc) is 2.62. The second-order valence-corrected chi connectivity index (χ2v) is 6.09. The lowest BCUT2D eigenvalue weighted by molar-refractivity contribution is 0.0673. The Morgan fingerprint density at radius 3 is 2.21 bits per heavy atom. The molecule has 4 rings (SSSR count). The van der Waals surface area contributed by atoms with E-state index in [0.29, 0.717) is 5.56 Å². The molecule has 1 aliphatic carbocycles. The smallest absolute Gasteiger partial charge is 0.336 e. The van der Waals surface area contributed by atoms with E-state index in [1.165, 1.54) is 6.07 Å². The lowest BCUT2D eigenvalue weighted by Crippen LogP contribution is -2.40. The van der Waals surface area contributed by atoms with E-state index in [-0.39, 0.29) is 5.56 Å². The summed E-state index contributed by atoms with van der Waals surface area (Å²) in [4.78, 5) is 11.6. The Bertz CT molecular complexity index is 960. The molecule has 24 heavy (non-hydrogen) atoms. The Balaban J connectivity index is 1.96. The zero-order valence-electron chi connectivity index (χ0n) is 13.2. The molecule has 3 nitrogen and oxygen atoms in total. The molecule has 3 aromatic rings. The van der Waals surface area contributed by atoms with Crippen molar-refractivity contribution in [1.82, 2.24) is 0 Å². The molecule has 0 saturated heterocycles. The van der Waals surface area contributed by atoms with Crippen LogP contribution in [-0.2, 0) is 5.60 Å². The van der Waals surface area contributed by atoms with Crippen molar-refractivity contribution < 1.29 is 15.0 Å². The van der Waals surface area contributed by atoms with Gasteiger partial charge >= 0.3 is 5.97 Å². The molecule has 2 N–H and O–H groups in total. The van der Waals surface area contributed by atoms with Crippen molar-refractivity contribution in [3.8, 4) is 11.1 Å². The number of carbonyl (C=O) groups is 1. The number of aryl methyl sites for hydroxylation is 1. The number of benzene rings is 3. The van der Waals surface area contributed by atoms with Crippen LogP contribution in [0.4, 0.5) is 0 Å². The number of aliphatic hydroxyl groups is 1. The van der Waals surface area contributed by atoms with Crippen LogP contribution in [0.2, 0.25) is 0 Å². The minimum Gasteiger partial charge on any atom is -0.478 e. The molecule has 0 aromatic heterocycles. The highest BCUT2D eigenvalue weighted by atomic mass is 16.4. The summed E-state index contributed by atoms with van der Waals surface area (Å²) in [7, 11) is 0. The van der Waals surface area contributed by atoms with Crippen LogP contribution in [0.3, 0.4) is 0 Å². The minimum absolute atomic E-state index is 0.130. The third kappa shape index (κ3) is 1.79. The van der Waals surface area contributed by atoms with Gasteiger partial charge in [0.2, 0.25) is 0 Å². The zero-order chi connectivity index (χ0) is 16.9. The van der Waals surface area contributed by atoms with E-state index in [1.807, 2.05) is 49.4 Å². The fraction of sp³-hybridized carbons (Fsp3) is 0.0952. The van der Waals surface area contributed by atoms with Crippen molar-refractivity contribution in [1.29, 1.82) is 0 Å². The molecule has 118 valence electrons. The molecule has 3 heteroatoms. The Kier molecular flexibility index (Phi) is 3.08. The molecule has 0 radical (unpaired) electrons. The third-order valence-corrected chi connectivity index (χ3v) is 4.85. The molecule has 1 aliphatic rings. The van der Waals surface area contributed by atoms with E-state index in [9.17, 15) is 15.0 Å². The van der Waals surface area contributed by atoms with Crippen LogP contribution >= 0.6 is 0 Å². The van der Waals surface area contributed by atoms with Crippen LogP contribution in [0.5, 0.6) is 0 Å². The van der Waals surface area contributed by atoms with Crippen LogP contribution < -0.4 is 0 Å². The fourth-order valence-electron chi connectivity index (χ4n) is 3.77. The van der Waals surface area contributed by atoms with E-state index < -0.39 is 11.6 Å². The number of carboxylic acid groups (broad SMARTS) is 1. The molecular formula is C21H16O3. The normalized spacial score (nSPS) is 18.1. The van der Waals surface area contributed by atoms with Gasteiger partial charge in [-0.05, 0) is 35.2 Å². The first-order valence-corrected chi connectivity index (χ1v) is 7.80. The van der Waals surface area contributed by atoms with E-state index in [2.05, 4.69) is 0 Å². The third-order valence-electron chi connectivity index (χ3n) is 4.85. The molecule has 1 atom stereocenters. The fourth-order valence-corrected chi connectivity index (χ4v) is 3.77. The summed E-state index contributed by atoms with van der Waals surface area (Å²) in [6.45, 7) is 1.97. The standard InChI is InChI=1S/C21H16O3/c1-13-17-12-11-15(14-7-3-2-4-8-14)19(13)21(17,24)18-10-6-5-9-16(18)20(22)23/h2-12,24H,1H3,(H,22,23). The van der Waals surface area contributed by atoms with Crippen LogP contribution in [0.15, 0.2) is 66.7 Å². The molecule has 2 bridgehead atoms. The molecule has 0 saturated carbocycles. The lowest BCUT2D eigenvalue weighted by Gasteiger charge is -2.43. The van der Waals surface area contributed by atoms with Crippen molar-refractivity contribution >= 4 is 5.97 Å². The summed E-state index contributed by atoms with van der Waals surface area (Å²) in [5, 5.41) is 21.0. The average molecular weight is 316 g/mol. The highest BCUT2D eigenvalue weighted by Crippen LogP contribution is 2.53. The largest absolute Gasteiger partial charge is 0.478 e. The SMILES string of the molecule is Cc1c2ccc(-c3ccccc3)c1C2(O)c1ccccc1C(=O)O. The number of rotatable bonds is 3. The van der Waals surface area contributed by atoms with E-state index in [0.717, 1.165) is 27.8 Å². The summed E-state index contributed by atoms with van der Waals surface area (Å²) >= 11 is 0. The Hall–Kier alpha value is -2.91. The van der Waals surface area contributed by atoms with Gasteiger partial charge in [-0.2, -0.15) is 0 Å². The van der Waals surface area contributed by atoms with Gasteiger partial charge in [-0.1, -0.05) is 60.7 Å². The summed E-state index contributed by atoms with van der Waals surface area (Å²) in [5.41, 5.74) is 3.71. The number of fused-ring (bicyclic) bond motifs is 2. The van der Waals surface area contributed by atoms with Crippen LogP contribution in [0, 0.1) is 6.92 Å². The molecule has 3 aromatic carbocycles. The Morgan fingerprint density at radius 1 is 0.875 bits per heavy atom. The van der Waals surface area contributed by atoms with Crippen LogP contribution in [-0.4, -0.2) is 16.2 Å². The van der Waals surface area contributed by atoms with E-state index in [4.69, 9.17) is 0 Å². The van der Waals surface area contributed by atoms with Gasteiger partial charge in [0.25, 0.3) is 0 Å². The first-order chi connectivity index (χ1) is 11.5. The van der Waals surface area contributed by atoms with Crippen molar-refractivity contribution in [2.45, 2.75) is 12.5 Å². The highest BCUT2D eigenvalue weighted by Gasteiger charge is 2.48. The van der Waals surface area contributed by atoms with Gasteiger partial charge in [-0.3, -0.25) is 0 Å². The minimum atomic E-state index is -1.36. The zero-order valence-corrected chi connectivity index (χ0v) is 13.2.